The van der Waals surface area contributed by atoms with Crippen molar-refractivity contribution in [2.45, 2.75) is 33.3 Å². The summed E-state index contributed by atoms with van der Waals surface area (Å²) in [6, 6.07) is 0. The minimum Gasteiger partial charge on any atom is -0.393 e. The fourth-order valence-corrected chi connectivity index (χ4v) is 1.50. The first-order valence-electron chi connectivity index (χ1n) is 4.47. The van der Waals surface area contributed by atoms with E-state index < -0.39 is 0 Å². The zero-order chi connectivity index (χ0) is 10.4. The van der Waals surface area contributed by atoms with Gasteiger partial charge in [0.2, 0.25) is 5.12 Å². The predicted octanol–water partition coefficient (Wildman–Crippen LogP) is 2.23. The van der Waals surface area contributed by atoms with Gasteiger partial charge in [-0.1, -0.05) is 31.7 Å². The quantitative estimate of drug-likeness (QED) is 0.710. The lowest BCUT2D eigenvalue weighted by atomic mass is 10.0. The minimum absolute atomic E-state index is 0.0566. The van der Waals surface area contributed by atoms with Crippen LogP contribution < -0.4 is 0 Å². The molecule has 1 N–H and O–H groups in total. The fourth-order valence-electron chi connectivity index (χ4n) is 1.11. The maximum absolute atomic E-state index is 11.2. The molecule has 13 heavy (non-hydrogen) atoms. The van der Waals surface area contributed by atoms with Crippen molar-refractivity contribution >= 4 is 16.9 Å². The molecule has 2 nitrogen and oxygen atoms in total. The van der Waals surface area contributed by atoms with Gasteiger partial charge in [-0.15, -0.1) is 0 Å². The monoisotopic (exact) mass is 202 g/mol. The maximum Gasteiger partial charge on any atom is 0.214 e. The third-order valence-electron chi connectivity index (χ3n) is 2.05. The summed E-state index contributed by atoms with van der Waals surface area (Å²) in [6.45, 7) is 5.64. The van der Waals surface area contributed by atoms with Crippen LogP contribution in [0.1, 0.15) is 27.2 Å². The van der Waals surface area contributed by atoms with Crippen LogP contribution in [0.25, 0.3) is 0 Å². The summed E-state index contributed by atoms with van der Waals surface area (Å²) in [4.78, 5) is 11.2. The highest BCUT2D eigenvalue weighted by molar-refractivity contribution is 8.13. The Hall–Kier alpha value is -0.280. The second-order valence-electron chi connectivity index (χ2n) is 3.18. The highest BCUT2D eigenvalue weighted by Gasteiger charge is 2.11. The van der Waals surface area contributed by atoms with Crippen molar-refractivity contribution < 1.29 is 9.90 Å². The average Bonchev–Trinajstić information content (AvgIpc) is 2.14. The van der Waals surface area contributed by atoms with Gasteiger partial charge in [0.05, 0.1) is 6.10 Å². The van der Waals surface area contributed by atoms with E-state index in [1.807, 2.05) is 19.9 Å². The molecule has 0 radical (unpaired) electrons. The van der Waals surface area contributed by atoms with Crippen LogP contribution in [-0.2, 0) is 4.79 Å². The number of carbonyl (C=O) groups is 1. The molecule has 0 saturated heterocycles. The third-order valence-corrected chi connectivity index (χ3v) is 2.74. The Bertz CT molecular complexity index is 199. The molecule has 0 aliphatic rings. The van der Waals surface area contributed by atoms with E-state index in [9.17, 15) is 9.90 Å². The van der Waals surface area contributed by atoms with Crippen molar-refractivity contribution in [3.8, 4) is 0 Å². The highest BCUT2D eigenvalue weighted by Crippen LogP contribution is 2.14. The highest BCUT2D eigenvalue weighted by atomic mass is 32.2. The van der Waals surface area contributed by atoms with Crippen molar-refractivity contribution in [3.05, 3.63) is 11.6 Å². The Kier molecular flexibility index (Phi) is 6.08. The molecule has 2 atom stereocenters. The van der Waals surface area contributed by atoms with Gasteiger partial charge < -0.3 is 5.11 Å². The van der Waals surface area contributed by atoms with Gasteiger partial charge in [0.15, 0.2) is 0 Å². The molecular weight excluding hydrogens is 184 g/mol. The Morgan fingerprint density at radius 2 is 2.15 bits per heavy atom. The first kappa shape index (κ1) is 12.7. The van der Waals surface area contributed by atoms with Crippen LogP contribution in [0.2, 0.25) is 0 Å². The predicted molar refractivity (Wildman–Crippen MR) is 57.7 cm³/mol. The van der Waals surface area contributed by atoms with Crippen molar-refractivity contribution in [2.24, 2.45) is 5.92 Å². The SMILES string of the molecule is CC[C@@H](O)[C@@H](C)/C=C(\C)C(=O)SC. The van der Waals surface area contributed by atoms with Crippen molar-refractivity contribution in [1.29, 1.82) is 0 Å². The van der Waals surface area contributed by atoms with Crippen molar-refractivity contribution in [3.63, 3.8) is 0 Å². The Morgan fingerprint density at radius 3 is 2.54 bits per heavy atom. The third kappa shape index (κ3) is 4.48. The number of thioether (sulfide) groups is 1. The lowest BCUT2D eigenvalue weighted by molar-refractivity contribution is -0.107. The van der Waals surface area contributed by atoms with E-state index in [4.69, 9.17) is 0 Å². The molecule has 0 aliphatic heterocycles. The first-order valence-corrected chi connectivity index (χ1v) is 5.70. The summed E-state index contributed by atoms with van der Waals surface area (Å²) in [5, 5.41) is 9.55. The molecular formula is C10H18O2S. The second-order valence-corrected chi connectivity index (χ2v) is 3.96. The van der Waals surface area contributed by atoms with Crippen LogP contribution >= 0.6 is 11.8 Å². The van der Waals surface area contributed by atoms with E-state index in [1.54, 1.807) is 13.2 Å². The van der Waals surface area contributed by atoms with E-state index in [0.29, 0.717) is 0 Å². The van der Waals surface area contributed by atoms with E-state index in [2.05, 4.69) is 0 Å². The Balaban J connectivity index is 4.29. The van der Waals surface area contributed by atoms with E-state index in [1.165, 1.54) is 11.8 Å². The zero-order valence-corrected chi connectivity index (χ0v) is 9.52. The number of hydrogen-bond donors (Lipinski definition) is 1. The number of rotatable bonds is 4. The van der Waals surface area contributed by atoms with E-state index in [-0.39, 0.29) is 17.1 Å². The van der Waals surface area contributed by atoms with Crippen molar-refractivity contribution in [1.82, 2.24) is 0 Å². The van der Waals surface area contributed by atoms with E-state index in [0.717, 1.165) is 12.0 Å². The largest absolute Gasteiger partial charge is 0.393 e. The molecule has 0 rings (SSSR count). The molecule has 0 aliphatic carbocycles. The molecule has 0 spiro atoms. The molecule has 3 heteroatoms. The molecule has 0 aromatic rings. The van der Waals surface area contributed by atoms with Crippen LogP contribution in [0, 0.1) is 5.92 Å². The van der Waals surface area contributed by atoms with Gasteiger partial charge in [0, 0.05) is 5.92 Å². The summed E-state index contributed by atoms with van der Waals surface area (Å²) in [5.74, 6) is 0.0566. The maximum atomic E-state index is 11.2. The summed E-state index contributed by atoms with van der Waals surface area (Å²) in [5.41, 5.74) is 0.729. The van der Waals surface area contributed by atoms with Crippen LogP contribution in [-0.4, -0.2) is 22.6 Å². The van der Waals surface area contributed by atoms with Gasteiger partial charge >= 0.3 is 0 Å². The molecule has 76 valence electrons. The van der Waals surface area contributed by atoms with Gasteiger partial charge in [-0.05, 0) is 25.2 Å². The summed E-state index contributed by atoms with van der Waals surface area (Å²) in [6.07, 6.45) is 3.98. The standard InChI is InChI=1S/C10H18O2S/c1-5-9(11)7(2)6-8(3)10(12)13-4/h6-7,9,11H,5H2,1-4H3/b8-6+/t7-,9+/m0/s1. The fraction of sp³-hybridized carbons (Fsp3) is 0.700. The minimum atomic E-state index is -0.343. The molecule has 0 aromatic heterocycles. The summed E-state index contributed by atoms with van der Waals surface area (Å²) in [7, 11) is 0. The number of carbonyl (C=O) groups excluding carboxylic acids is 1. The molecule has 0 amide bonds. The van der Waals surface area contributed by atoms with Crippen LogP contribution in [0.4, 0.5) is 0 Å². The van der Waals surface area contributed by atoms with Gasteiger partial charge in [-0.3, -0.25) is 4.79 Å². The normalized spacial score (nSPS) is 16.8. The van der Waals surface area contributed by atoms with Crippen LogP contribution in [0.3, 0.4) is 0 Å². The molecule has 0 aromatic carbocycles. The summed E-state index contributed by atoms with van der Waals surface area (Å²) >= 11 is 1.21. The number of hydrogen-bond acceptors (Lipinski definition) is 3. The first-order chi connectivity index (χ1) is 6.02. The Labute approximate surface area is 84.4 Å². The van der Waals surface area contributed by atoms with Gasteiger partial charge in [-0.2, -0.15) is 0 Å². The zero-order valence-electron chi connectivity index (χ0n) is 8.70. The Morgan fingerprint density at radius 1 is 1.62 bits per heavy atom. The number of aliphatic hydroxyl groups excluding tert-OH is 1. The van der Waals surface area contributed by atoms with Crippen LogP contribution in [0.5, 0.6) is 0 Å². The van der Waals surface area contributed by atoms with E-state index >= 15 is 0 Å². The summed E-state index contributed by atoms with van der Waals surface area (Å²) < 4.78 is 0. The average molecular weight is 202 g/mol. The van der Waals surface area contributed by atoms with Crippen LogP contribution in [0.15, 0.2) is 11.6 Å². The lowest BCUT2D eigenvalue weighted by Crippen LogP contribution is -2.15. The van der Waals surface area contributed by atoms with Gasteiger partial charge in [0.1, 0.15) is 0 Å². The van der Waals surface area contributed by atoms with Gasteiger partial charge in [-0.25, -0.2) is 0 Å². The molecule has 0 bridgehead atoms. The molecule has 0 fully saturated rings. The lowest BCUT2D eigenvalue weighted by Gasteiger charge is -2.13. The molecule has 0 heterocycles. The topological polar surface area (TPSA) is 37.3 Å². The number of aliphatic hydroxyl groups is 1. The molecule has 0 unspecified atom stereocenters. The second kappa shape index (κ2) is 6.22. The van der Waals surface area contributed by atoms with Gasteiger partial charge in [0.25, 0.3) is 0 Å². The smallest absolute Gasteiger partial charge is 0.214 e. The molecule has 0 saturated carbocycles. The van der Waals surface area contributed by atoms with Crippen molar-refractivity contribution in [2.75, 3.05) is 6.26 Å².